The molecule has 252 valence electrons. The van der Waals surface area contributed by atoms with E-state index in [1.54, 1.807) is 0 Å². The van der Waals surface area contributed by atoms with E-state index in [4.69, 9.17) is 0 Å². The number of aryl methyl sites for hydroxylation is 1. The van der Waals surface area contributed by atoms with Crippen molar-refractivity contribution >= 4 is 6.08 Å². The zero-order valence-electron chi connectivity index (χ0n) is 32.9. The highest BCUT2D eigenvalue weighted by molar-refractivity contribution is 5.55. The van der Waals surface area contributed by atoms with Gasteiger partial charge in [-0.1, -0.05) is 190 Å². The van der Waals surface area contributed by atoms with Crippen molar-refractivity contribution in [3.8, 4) is 0 Å². The molecule has 0 heterocycles. The molecule has 43 heavy (non-hydrogen) atoms. The summed E-state index contributed by atoms with van der Waals surface area (Å²) in [6, 6.07) is 6.52. The molecule has 0 bridgehead atoms. The van der Waals surface area contributed by atoms with E-state index in [-0.39, 0.29) is 5.41 Å². The smallest absolute Gasteiger partial charge is 0.0126 e. The van der Waals surface area contributed by atoms with Crippen LogP contribution < -0.4 is 0 Å². The number of allylic oxidation sites excluding steroid dienone is 4. The fourth-order valence-electron chi connectivity index (χ4n) is 5.42. The minimum absolute atomic E-state index is 0.204. The molecule has 0 saturated carbocycles. The summed E-state index contributed by atoms with van der Waals surface area (Å²) in [6.07, 6.45) is 13.3. The topological polar surface area (TPSA) is 0 Å². The van der Waals surface area contributed by atoms with Gasteiger partial charge in [-0.15, -0.1) is 0 Å². The highest BCUT2D eigenvalue weighted by Gasteiger charge is 2.27. The Balaban J connectivity index is -0.000000281. The van der Waals surface area contributed by atoms with Gasteiger partial charge in [-0.2, -0.15) is 0 Å². The van der Waals surface area contributed by atoms with Gasteiger partial charge in [0.05, 0.1) is 0 Å². The van der Waals surface area contributed by atoms with Crippen molar-refractivity contribution in [3.63, 3.8) is 0 Å². The van der Waals surface area contributed by atoms with Crippen LogP contribution in [0.1, 0.15) is 185 Å². The van der Waals surface area contributed by atoms with E-state index in [0.717, 1.165) is 12.3 Å². The molecule has 1 aromatic rings. The van der Waals surface area contributed by atoms with Crippen LogP contribution in [0.2, 0.25) is 0 Å². The summed E-state index contributed by atoms with van der Waals surface area (Å²) in [7, 11) is 0. The maximum atomic E-state index is 4.24. The molecule has 0 N–H and O–H groups in total. The van der Waals surface area contributed by atoms with Crippen LogP contribution in [0.4, 0.5) is 0 Å². The molecule has 1 rings (SSSR count). The van der Waals surface area contributed by atoms with Crippen molar-refractivity contribution in [1.29, 1.82) is 0 Å². The van der Waals surface area contributed by atoms with Crippen LogP contribution in [0.25, 0.3) is 6.08 Å². The zero-order chi connectivity index (χ0) is 34.8. The van der Waals surface area contributed by atoms with E-state index in [0.29, 0.717) is 5.41 Å². The Hall–Kier alpha value is -1.82. The van der Waals surface area contributed by atoms with Crippen molar-refractivity contribution in [2.24, 2.45) is 11.3 Å². The fourth-order valence-corrected chi connectivity index (χ4v) is 5.42. The van der Waals surface area contributed by atoms with Gasteiger partial charge in [0.25, 0.3) is 0 Å². The Morgan fingerprint density at radius 1 is 0.837 bits per heavy atom. The first kappa shape index (κ1) is 48.1. The molecule has 0 nitrogen and oxygen atoms in total. The van der Waals surface area contributed by atoms with Crippen LogP contribution in [0.15, 0.2) is 60.2 Å². The van der Waals surface area contributed by atoms with Gasteiger partial charge in [-0.3, -0.25) is 0 Å². The normalized spacial score (nSPS) is 11.2. The van der Waals surface area contributed by atoms with Crippen LogP contribution in [-0.2, 0) is 5.41 Å². The predicted octanol–water partition coefficient (Wildman–Crippen LogP) is 15.7. The molecule has 0 aliphatic heterocycles. The Morgan fingerprint density at radius 3 is 1.58 bits per heavy atom. The summed E-state index contributed by atoms with van der Waals surface area (Å²) in [5.41, 5.74) is 9.87. The van der Waals surface area contributed by atoms with Crippen molar-refractivity contribution in [2.75, 3.05) is 0 Å². The molecular formula is C43H80. The van der Waals surface area contributed by atoms with Gasteiger partial charge in [0, 0.05) is 0 Å². The SMILES string of the molecule is C=C(C)/C(C(=C)CC)=C(/C)CC(CC)(CCC)CCC.C=Cc1ccc(C)cc1C(C)(C)C.CC.CC.CCC(C)CC. The molecule has 0 aromatic heterocycles. The maximum Gasteiger partial charge on any atom is -0.0126 e. The number of rotatable bonds is 13. The average molecular weight is 597 g/mol. The minimum Gasteiger partial charge on any atom is -0.0985 e. The van der Waals surface area contributed by atoms with Crippen LogP contribution in [0.5, 0.6) is 0 Å². The van der Waals surface area contributed by atoms with Gasteiger partial charge in [0.2, 0.25) is 0 Å². The van der Waals surface area contributed by atoms with Crippen molar-refractivity contribution in [2.45, 2.75) is 181 Å². The summed E-state index contributed by atoms with van der Waals surface area (Å²) in [5.74, 6) is 0.935. The molecule has 0 aliphatic rings. The van der Waals surface area contributed by atoms with Gasteiger partial charge in [-0.05, 0) is 85.5 Å². The van der Waals surface area contributed by atoms with Gasteiger partial charge < -0.3 is 0 Å². The predicted molar refractivity (Wildman–Crippen MR) is 207 cm³/mol. The molecule has 0 unspecified atom stereocenters. The van der Waals surface area contributed by atoms with Crippen molar-refractivity contribution in [1.82, 2.24) is 0 Å². The summed E-state index contributed by atoms with van der Waals surface area (Å²) in [5, 5.41) is 0. The van der Waals surface area contributed by atoms with E-state index >= 15 is 0 Å². The van der Waals surface area contributed by atoms with Gasteiger partial charge in [0.1, 0.15) is 0 Å². The second-order valence-corrected chi connectivity index (χ2v) is 12.9. The molecule has 0 atom stereocenters. The minimum atomic E-state index is 0.204. The lowest BCUT2D eigenvalue weighted by atomic mass is 9.71. The van der Waals surface area contributed by atoms with Gasteiger partial charge in [-0.25, -0.2) is 0 Å². The second kappa shape index (κ2) is 27.7. The van der Waals surface area contributed by atoms with Gasteiger partial charge >= 0.3 is 0 Å². The van der Waals surface area contributed by atoms with E-state index < -0.39 is 0 Å². The third kappa shape index (κ3) is 20.7. The first-order valence-corrected chi connectivity index (χ1v) is 17.9. The second-order valence-electron chi connectivity index (χ2n) is 12.9. The van der Waals surface area contributed by atoms with Crippen LogP contribution in [-0.4, -0.2) is 0 Å². The number of benzene rings is 1. The monoisotopic (exact) mass is 597 g/mol. The van der Waals surface area contributed by atoms with E-state index in [2.05, 4.69) is 128 Å². The third-order valence-electron chi connectivity index (χ3n) is 8.22. The first-order chi connectivity index (χ1) is 20.1. The number of hydrogen-bond acceptors (Lipinski definition) is 0. The fraction of sp³-hybridized carbons (Fsp3) is 0.674. The average Bonchev–Trinajstić information content (AvgIpc) is 2.98. The lowest BCUT2D eigenvalue weighted by Crippen LogP contribution is -2.20. The Bertz CT molecular complexity index is 873. The Labute approximate surface area is 274 Å². The van der Waals surface area contributed by atoms with Crippen molar-refractivity contribution in [3.05, 3.63) is 76.9 Å². The quantitative estimate of drug-likeness (QED) is 0.199. The largest absolute Gasteiger partial charge is 0.0985 e. The zero-order valence-corrected chi connectivity index (χ0v) is 32.9. The summed E-state index contributed by atoms with van der Waals surface area (Å²) < 4.78 is 0. The third-order valence-corrected chi connectivity index (χ3v) is 8.22. The highest BCUT2D eigenvalue weighted by Crippen LogP contribution is 2.41. The molecule has 0 heteroatoms. The molecule has 0 radical (unpaired) electrons. The molecule has 0 amide bonds. The number of hydrogen-bond donors (Lipinski definition) is 0. The van der Waals surface area contributed by atoms with Crippen LogP contribution >= 0.6 is 0 Å². The molecule has 0 aliphatic carbocycles. The Kier molecular flexibility index (Phi) is 31.0. The van der Waals surface area contributed by atoms with Crippen LogP contribution in [0, 0.1) is 18.3 Å². The van der Waals surface area contributed by atoms with E-state index in [1.807, 2.05) is 33.8 Å². The lowest BCUT2D eigenvalue weighted by Gasteiger charge is -2.34. The molecule has 1 aromatic carbocycles. The first-order valence-electron chi connectivity index (χ1n) is 17.9. The highest BCUT2D eigenvalue weighted by atomic mass is 14.3. The van der Waals surface area contributed by atoms with E-state index in [9.17, 15) is 0 Å². The molecule has 0 fully saturated rings. The molecular weight excluding hydrogens is 516 g/mol. The van der Waals surface area contributed by atoms with Gasteiger partial charge in [0.15, 0.2) is 0 Å². The molecule has 0 spiro atoms. The van der Waals surface area contributed by atoms with E-state index in [1.165, 1.54) is 90.3 Å². The summed E-state index contributed by atoms with van der Waals surface area (Å²) in [6.45, 7) is 49.4. The molecule has 0 saturated heterocycles. The Morgan fingerprint density at radius 2 is 1.30 bits per heavy atom. The summed E-state index contributed by atoms with van der Waals surface area (Å²) in [4.78, 5) is 0. The lowest BCUT2D eigenvalue weighted by molar-refractivity contribution is 0.221. The summed E-state index contributed by atoms with van der Waals surface area (Å²) >= 11 is 0. The van der Waals surface area contributed by atoms with Crippen molar-refractivity contribution < 1.29 is 0 Å². The maximum absolute atomic E-state index is 4.24. The standard InChI is InChI=1S/C20H36.C13H18.C6H14.2C2H6/c1-9-13-20(12-4,14-10-2)15-18(8)19(16(5)6)17(7)11-3;1-6-11-8-7-10(2)9-12(11)13(3,4)5;1-4-6(3)5-2;2*1-2/h5,7,9-15H2,1-4,6,8H3;6-9H,1H2,2-5H3;6H,4-5H2,1-3H3;2*1-2H3/b19-18+;;;;. The van der Waals surface area contributed by atoms with Crippen LogP contribution in [0.3, 0.4) is 0 Å².